The third-order valence-electron chi connectivity index (χ3n) is 11.3. The zero-order valence-corrected chi connectivity index (χ0v) is 34.8. The molecule has 8 rings (SSSR count). The predicted octanol–water partition coefficient (Wildman–Crippen LogP) is 4.32. The van der Waals surface area contributed by atoms with Gasteiger partial charge in [0.15, 0.2) is 11.2 Å². The van der Waals surface area contributed by atoms with Crippen molar-refractivity contribution in [2.45, 2.75) is 73.7 Å². The highest BCUT2D eigenvalue weighted by atomic mass is 32.2. The average Bonchev–Trinajstić information content (AvgIpc) is 3.89. The molecule has 3 fully saturated rings. The van der Waals surface area contributed by atoms with Crippen LogP contribution in [0.4, 0.5) is 21.5 Å². The molecule has 4 unspecified atom stereocenters. The highest BCUT2D eigenvalue weighted by Gasteiger charge is 2.47. The molecule has 2 amide bonds. The summed E-state index contributed by atoms with van der Waals surface area (Å²) in [6, 6.07) is 17.9. The first-order chi connectivity index (χ1) is 29.5. The van der Waals surface area contributed by atoms with Crippen LogP contribution in [0.25, 0.3) is 11.3 Å². The van der Waals surface area contributed by atoms with E-state index in [1.165, 1.54) is 17.1 Å². The fourth-order valence-corrected chi connectivity index (χ4v) is 9.33. The topological polar surface area (TPSA) is 183 Å². The molecule has 3 aromatic carbocycles. The summed E-state index contributed by atoms with van der Waals surface area (Å²) in [5, 5.41) is 16.2. The number of fused-ring (bicyclic) bond motifs is 1. The lowest BCUT2D eigenvalue weighted by Crippen LogP contribution is -2.62. The molecule has 0 radical (unpaired) electrons. The number of carbonyl (C=O) groups is 3. The Labute approximate surface area is 354 Å². The first-order valence-corrected chi connectivity index (χ1v) is 21.1. The van der Waals surface area contributed by atoms with Gasteiger partial charge in [-0.2, -0.15) is 10.2 Å². The van der Waals surface area contributed by atoms with Crippen LogP contribution >= 0.6 is 0 Å². The summed E-state index contributed by atoms with van der Waals surface area (Å²) in [5.74, 6) is -0.793. The highest BCUT2D eigenvalue weighted by molar-refractivity contribution is 7.85. The van der Waals surface area contributed by atoms with Crippen molar-refractivity contribution in [2.24, 2.45) is 10.1 Å². The highest BCUT2D eigenvalue weighted by Crippen LogP contribution is 2.40. The summed E-state index contributed by atoms with van der Waals surface area (Å²) in [7, 11) is 0.177. The predicted molar refractivity (Wildman–Crippen MR) is 228 cm³/mol. The summed E-state index contributed by atoms with van der Waals surface area (Å²) in [6.45, 7) is 9.29. The number of halogens is 1. The Morgan fingerprint density at radius 2 is 1.90 bits per heavy atom. The van der Waals surface area contributed by atoms with E-state index >= 15 is 4.39 Å². The summed E-state index contributed by atoms with van der Waals surface area (Å²) in [4.78, 5) is 52.7. The standard InChI is InChI=1S/C43H46FN11O5S/c1-26(2)60-41-40(29-19-49-50-20-29)48-25-55(45-3)42(41)47-24-46-35-11-10-33(18-34(35)44)61(59)32-7-5-6-30(17-32)53-15-14-36-38(53)22-54(36)31-9-8-27(23-56)28(16-31)21-52(4)37-12-13-39(57)51-43(37)58/h5-11,16-20,23,25-26,36-38,46H,3,12-15,21-22,24H2,1-2,4H3,(H,49,50)(H,51,57,58)/b47-42-. The number of ether oxygens (including phenoxy) is 1. The molecule has 5 heterocycles. The van der Waals surface area contributed by atoms with Gasteiger partial charge in [-0.3, -0.25) is 29.7 Å². The maximum atomic E-state index is 15.6. The number of aromatic amines is 1. The van der Waals surface area contributed by atoms with Gasteiger partial charge in [0.25, 0.3) is 0 Å². The molecule has 4 atom stereocenters. The molecule has 3 N–H and O–H groups in total. The average molecular weight is 848 g/mol. The first-order valence-electron chi connectivity index (χ1n) is 20.0. The number of benzene rings is 3. The van der Waals surface area contributed by atoms with Crippen molar-refractivity contribution < 1.29 is 27.7 Å². The number of hydrogen-bond acceptors (Lipinski definition) is 13. The van der Waals surface area contributed by atoms with Gasteiger partial charge >= 0.3 is 0 Å². The molecule has 3 aliphatic heterocycles. The Morgan fingerprint density at radius 1 is 1.08 bits per heavy atom. The molecule has 3 saturated heterocycles. The third-order valence-corrected chi connectivity index (χ3v) is 12.6. The smallest absolute Gasteiger partial charge is 0.243 e. The number of anilines is 3. The summed E-state index contributed by atoms with van der Waals surface area (Å²) in [6.07, 6.45) is 7.03. The number of amides is 2. The van der Waals surface area contributed by atoms with Gasteiger partial charge in [-0.05, 0) is 93.9 Å². The van der Waals surface area contributed by atoms with E-state index in [1.807, 2.05) is 62.2 Å². The quantitative estimate of drug-likeness (QED) is 0.0776. The minimum Gasteiger partial charge on any atom is -0.485 e. The lowest BCUT2D eigenvalue weighted by Gasteiger charge is -2.49. The van der Waals surface area contributed by atoms with Crippen LogP contribution in [0.15, 0.2) is 99.3 Å². The fourth-order valence-electron chi connectivity index (χ4n) is 8.22. The van der Waals surface area contributed by atoms with E-state index in [-0.39, 0.29) is 48.8 Å². The van der Waals surface area contributed by atoms with Gasteiger partial charge in [-0.15, -0.1) is 0 Å². The van der Waals surface area contributed by atoms with E-state index in [9.17, 15) is 18.6 Å². The van der Waals surface area contributed by atoms with Gasteiger partial charge in [0.05, 0.1) is 46.9 Å². The van der Waals surface area contributed by atoms with Crippen LogP contribution in [0.1, 0.15) is 49.0 Å². The molecule has 0 spiro atoms. The van der Waals surface area contributed by atoms with Crippen LogP contribution in [0.5, 0.6) is 5.75 Å². The van der Waals surface area contributed by atoms with Crippen LogP contribution in [0.3, 0.4) is 0 Å². The largest absolute Gasteiger partial charge is 0.485 e. The molecule has 2 aromatic heterocycles. The molecule has 0 aliphatic carbocycles. The van der Waals surface area contributed by atoms with Gasteiger partial charge in [0.1, 0.15) is 30.8 Å². The fraction of sp³-hybridized carbons (Fsp3) is 0.326. The number of rotatable bonds is 15. The van der Waals surface area contributed by atoms with Gasteiger partial charge < -0.3 is 19.9 Å². The monoisotopic (exact) mass is 847 g/mol. The zero-order chi connectivity index (χ0) is 42.8. The number of likely N-dealkylation sites (N-methyl/N-ethyl adjacent to an activating group) is 1. The number of aromatic nitrogens is 4. The molecular weight excluding hydrogens is 802 g/mol. The number of nitrogens with zero attached hydrogens (tertiary/aromatic N) is 8. The van der Waals surface area contributed by atoms with Crippen molar-refractivity contribution in [3.8, 4) is 17.0 Å². The lowest BCUT2D eigenvalue weighted by atomic mass is 9.94. The van der Waals surface area contributed by atoms with E-state index in [4.69, 9.17) is 4.74 Å². The number of nitrogens with one attached hydrogen (secondary N) is 3. The maximum Gasteiger partial charge on any atom is 0.243 e. The Balaban J connectivity index is 0.929. The molecule has 0 bridgehead atoms. The van der Waals surface area contributed by atoms with Crippen molar-refractivity contribution in [1.82, 2.24) is 30.1 Å². The number of carbonyl (C=O) groups excluding carboxylic acids is 3. The molecule has 3 aliphatic rings. The van der Waals surface area contributed by atoms with Crippen molar-refractivity contribution in [2.75, 3.05) is 41.9 Å². The van der Waals surface area contributed by atoms with E-state index in [0.717, 1.165) is 42.7 Å². The minimum absolute atomic E-state index is 0.0389. The number of H-pyrrole nitrogens is 1. The normalized spacial score (nSPS) is 19.4. The summed E-state index contributed by atoms with van der Waals surface area (Å²) >= 11 is 0. The van der Waals surface area contributed by atoms with Crippen LogP contribution in [0.2, 0.25) is 0 Å². The van der Waals surface area contributed by atoms with Crippen LogP contribution < -0.4 is 30.7 Å². The van der Waals surface area contributed by atoms with Crippen LogP contribution in [0, 0.1) is 5.82 Å². The van der Waals surface area contributed by atoms with E-state index in [0.29, 0.717) is 50.8 Å². The molecule has 5 aromatic rings. The Morgan fingerprint density at radius 3 is 2.64 bits per heavy atom. The minimum atomic E-state index is -1.65. The van der Waals surface area contributed by atoms with E-state index < -0.39 is 22.7 Å². The van der Waals surface area contributed by atoms with Crippen molar-refractivity contribution in [3.05, 3.63) is 102 Å². The molecule has 18 heteroatoms. The van der Waals surface area contributed by atoms with Crippen molar-refractivity contribution >= 4 is 52.7 Å². The van der Waals surface area contributed by atoms with Gasteiger partial charge in [-0.1, -0.05) is 6.07 Å². The Hall–Kier alpha value is -6.53. The second-order valence-corrected chi connectivity index (χ2v) is 16.9. The number of aldehydes is 1. The van der Waals surface area contributed by atoms with Crippen LogP contribution in [-0.2, 0) is 26.9 Å². The van der Waals surface area contributed by atoms with Crippen molar-refractivity contribution in [1.29, 1.82) is 0 Å². The molecule has 16 nitrogen and oxygen atoms in total. The second kappa shape index (κ2) is 17.6. The number of piperidine rings is 1. The Kier molecular flexibility index (Phi) is 11.9. The number of hydrogen-bond donors (Lipinski definition) is 3. The lowest BCUT2D eigenvalue weighted by molar-refractivity contribution is -0.137. The molecular formula is C43H46FN11O5S. The zero-order valence-electron chi connectivity index (χ0n) is 34.0. The van der Waals surface area contributed by atoms with Gasteiger partial charge in [0, 0.05) is 71.3 Å². The van der Waals surface area contributed by atoms with Gasteiger partial charge in [0.2, 0.25) is 11.8 Å². The molecule has 316 valence electrons. The van der Waals surface area contributed by atoms with E-state index in [2.05, 4.69) is 52.4 Å². The number of imide groups is 1. The third kappa shape index (κ3) is 8.45. The maximum absolute atomic E-state index is 15.6. The van der Waals surface area contributed by atoms with Gasteiger partial charge in [-0.25, -0.2) is 23.3 Å². The first kappa shape index (κ1) is 41.2. The Bertz CT molecular complexity index is 2580. The van der Waals surface area contributed by atoms with E-state index in [1.54, 1.807) is 30.6 Å². The summed E-state index contributed by atoms with van der Waals surface area (Å²) < 4.78 is 36.9. The molecule has 61 heavy (non-hydrogen) atoms. The van der Waals surface area contributed by atoms with Crippen LogP contribution in [-0.4, -0.2) is 105 Å². The summed E-state index contributed by atoms with van der Waals surface area (Å²) in [5.41, 5.74) is 5.04. The SMILES string of the molecule is C=Nn1cnc(-c2cn[nH]c2)c(OC(C)C)/c1=N/CNc1ccc(S(=O)c2cccc(N3CCC4C3CN4c3ccc(C=O)c(CN(C)C4CCC(=O)NC4=O)c3)c2)cc1F. The molecule has 0 saturated carbocycles. The second-order valence-electron chi connectivity index (χ2n) is 15.4. The van der Waals surface area contributed by atoms with Crippen molar-refractivity contribution in [3.63, 3.8) is 0 Å².